The average molecular weight is 847 g/mol. The normalized spacial score (nSPS) is 13.3. The Labute approximate surface area is 380 Å². The van der Waals surface area contributed by atoms with Crippen molar-refractivity contribution in [1.29, 1.82) is 0 Å². The van der Waals surface area contributed by atoms with Gasteiger partial charge in [-0.25, -0.2) is 0 Å². The van der Waals surface area contributed by atoms with Crippen LogP contribution in [0.2, 0.25) is 0 Å². The molecule has 0 aliphatic heterocycles. The molecular weight excluding hydrogens is 801 g/mol. The van der Waals surface area contributed by atoms with Crippen LogP contribution in [-0.2, 0) is 10.8 Å². The summed E-state index contributed by atoms with van der Waals surface area (Å²) in [6.45, 7) is 14.0. The third kappa shape index (κ3) is 4.44. The third-order valence-electron chi connectivity index (χ3n) is 15.3. The van der Waals surface area contributed by atoms with Gasteiger partial charge < -0.3 is 17.9 Å². The maximum Gasteiger partial charge on any atom is 0.0634 e. The first-order valence-electron chi connectivity index (χ1n) is 23.4. The van der Waals surface area contributed by atoms with E-state index in [1.807, 2.05) is 0 Å². The number of fused-ring (bicyclic) bond motifs is 20. The number of para-hydroxylation sites is 4. The van der Waals surface area contributed by atoms with Crippen molar-refractivity contribution in [2.75, 3.05) is 0 Å². The molecular formula is C62H46N4. The molecule has 0 amide bonds. The lowest BCUT2D eigenvalue weighted by atomic mass is 9.86. The van der Waals surface area contributed by atoms with Crippen LogP contribution in [0.5, 0.6) is 0 Å². The number of rotatable bonds is 2. The van der Waals surface area contributed by atoms with E-state index in [2.05, 4.69) is 229 Å². The fraction of sp³-hybridized carbons (Fsp3) is 0.129. The van der Waals surface area contributed by atoms with E-state index < -0.39 is 0 Å². The molecule has 6 aromatic heterocycles. The minimum Gasteiger partial charge on any atom is -0.309 e. The van der Waals surface area contributed by atoms with Crippen molar-refractivity contribution in [3.8, 4) is 11.4 Å². The minimum atomic E-state index is -0.0190. The molecule has 0 fully saturated rings. The van der Waals surface area contributed by atoms with Crippen molar-refractivity contribution in [3.05, 3.63) is 181 Å². The van der Waals surface area contributed by atoms with E-state index in [0.29, 0.717) is 0 Å². The second-order valence-corrected chi connectivity index (χ2v) is 21.0. The van der Waals surface area contributed by atoms with E-state index in [0.717, 1.165) is 0 Å². The van der Waals surface area contributed by atoms with E-state index in [1.54, 1.807) is 0 Å². The number of nitrogens with zero attached hydrogens (tertiary/aromatic N) is 4. The molecule has 0 aliphatic rings. The van der Waals surface area contributed by atoms with Crippen molar-refractivity contribution in [3.63, 3.8) is 0 Å². The van der Waals surface area contributed by atoms with E-state index in [-0.39, 0.29) is 10.8 Å². The molecule has 314 valence electrons. The van der Waals surface area contributed by atoms with E-state index in [4.69, 9.17) is 0 Å². The zero-order valence-corrected chi connectivity index (χ0v) is 38.0. The van der Waals surface area contributed by atoms with E-state index in [1.165, 1.54) is 142 Å². The fourth-order valence-electron chi connectivity index (χ4n) is 12.3. The van der Waals surface area contributed by atoms with Gasteiger partial charge in [0.2, 0.25) is 0 Å². The Kier molecular flexibility index (Phi) is 6.69. The zero-order valence-electron chi connectivity index (χ0n) is 38.0. The Morgan fingerprint density at radius 1 is 0.273 bits per heavy atom. The Morgan fingerprint density at radius 3 is 0.879 bits per heavy atom. The number of aromatic nitrogens is 4. The van der Waals surface area contributed by atoms with Gasteiger partial charge in [0.15, 0.2) is 0 Å². The molecule has 15 aromatic rings. The quantitative estimate of drug-likeness (QED) is 0.165. The van der Waals surface area contributed by atoms with Crippen LogP contribution in [0.15, 0.2) is 170 Å². The summed E-state index contributed by atoms with van der Waals surface area (Å²) in [4.78, 5) is 0. The van der Waals surface area contributed by atoms with Gasteiger partial charge in [0.05, 0.1) is 55.2 Å². The van der Waals surface area contributed by atoms with Gasteiger partial charge in [-0.15, -0.1) is 0 Å². The minimum absolute atomic E-state index is 0.0190. The molecule has 0 saturated carbocycles. The predicted octanol–water partition coefficient (Wildman–Crippen LogP) is 16.8. The molecule has 0 saturated heterocycles. The topological polar surface area (TPSA) is 18.7 Å². The smallest absolute Gasteiger partial charge is 0.0634 e. The lowest BCUT2D eigenvalue weighted by molar-refractivity contribution is 0.590. The Morgan fingerprint density at radius 2 is 0.561 bits per heavy atom. The molecule has 0 aliphatic carbocycles. The second-order valence-electron chi connectivity index (χ2n) is 21.0. The van der Waals surface area contributed by atoms with Gasteiger partial charge in [-0.1, -0.05) is 151 Å². The number of benzene rings is 9. The predicted molar refractivity (Wildman–Crippen MR) is 282 cm³/mol. The molecule has 6 heterocycles. The molecule has 0 unspecified atom stereocenters. The highest BCUT2D eigenvalue weighted by molar-refractivity contribution is 6.45. The molecule has 0 N–H and O–H groups in total. The standard InChI is InChI=1S/C62H46N4/c1-61(2,3)35-23-27-43-51(31-35)65-53-33-37(63-47-19-11-7-15-39(47)40-16-8-12-20-48(40)63)25-29-45(53)58-56-44-28-24-36(62(4,5)6)32-52(44)66-54-34-38(26-30-46(54)57(60(56)66)55(43)59(58)65)64-49-21-13-9-17-41(49)42-18-10-14-22-50(42)64/h7-34H,1-6H3. The Balaban J connectivity index is 1.15. The lowest BCUT2D eigenvalue weighted by Gasteiger charge is -2.19. The summed E-state index contributed by atoms with van der Waals surface area (Å²) in [6, 6.07) is 64.5. The van der Waals surface area contributed by atoms with Crippen LogP contribution < -0.4 is 0 Å². The molecule has 9 aromatic carbocycles. The SMILES string of the molecule is CC(C)(C)c1ccc2c3c4c5ccc(-n6c7ccccc7c7ccccc76)cc5n5c6cc(C(C)(C)C)ccc6c(c6c7ccc(-n8c9ccccc9c9ccccc98)cc7n(c2c1)c63)c45. The first kappa shape index (κ1) is 36.5. The van der Waals surface area contributed by atoms with Crippen LogP contribution in [0.1, 0.15) is 52.7 Å². The largest absolute Gasteiger partial charge is 0.309 e. The Bertz CT molecular complexity index is 4180. The van der Waals surface area contributed by atoms with Gasteiger partial charge in [0.1, 0.15) is 0 Å². The summed E-state index contributed by atoms with van der Waals surface area (Å²) < 4.78 is 10.2. The molecule has 15 rings (SSSR count). The van der Waals surface area contributed by atoms with Gasteiger partial charge in [-0.05, 0) is 82.6 Å². The van der Waals surface area contributed by atoms with Gasteiger partial charge in [-0.3, -0.25) is 0 Å². The molecule has 0 bridgehead atoms. The first-order valence-corrected chi connectivity index (χ1v) is 23.4. The highest BCUT2D eigenvalue weighted by atomic mass is 15.0. The van der Waals surface area contributed by atoms with Gasteiger partial charge in [-0.2, -0.15) is 0 Å². The van der Waals surface area contributed by atoms with Crippen LogP contribution in [0.4, 0.5) is 0 Å². The number of hydrogen-bond donors (Lipinski definition) is 0. The van der Waals surface area contributed by atoms with Crippen molar-refractivity contribution < 1.29 is 0 Å². The zero-order chi connectivity index (χ0) is 44.1. The van der Waals surface area contributed by atoms with Crippen molar-refractivity contribution in [2.45, 2.75) is 52.4 Å². The number of hydrogen-bond acceptors (Lipinski definition) is 0. The van der Waals surface area contributed by atoms with Crippen LogP contribution in [-0.4, -0.2) is 17.9 Å². The summed E-state index contributed by atoms with van der Waals surface area (Å²) in [5, 5.41) is 15.6. The molecule has 0 radical (unpaired) electrons. The maximum atomic E-state index is 2.63. The average Bonchev–Trinajstić information content (AvgIpc) is 4.15. The highest BCUT2D eigenvalue weighted by Gasteiger charge is 2.31. The molecule has 4 nitrogen and oxygen atoms in total. The van der Waals surface area contributed by atoms with Crippen molar-refractivity contribution in [2.24, 2.45) is 0 Å². The summed E-state index contributed by atoms with van der Waals surface area (Å²) >= 11 is 0. The van der Waals surface area contributed by atoms with Crippen LogP contribution in [0.3, 0.4) is 0 Å². The van der Waals surface area contributed by atoms with Crippen LogP contribution >= 0.6 is 0 Å². The molecule has 4 heteroatoms. The lowest BCUT2D eigenvalue weighted by Crippen LogP contribution is -2.10. The molecule has 66 heavy (non-hydrogen) atoms. The van der Waals surface area contributed by atoms with Crippen molar-refractivity contribution >= 4 is 120 Å². The first-order chi connectivity index (χ1) is 32.0. The Hall–Kier alpha value is -7.82. The summed E-state index contributed by atoms with van der Waals surface area (Å²) in [7, 11) is 0. The molecule has 0 spiro atoms. The van der Waals surface area contributed by atoms with Gasteiger partial charge >= 0.3 is 0 Å². The molecule has 0 atom stereocenters. The fourth-order valence-corrected chi connectivity index (χ4v) is 12.3. The van der Waals surface area contributed by atoms with Crippen LogP contribution in [0, 0.1) is 0 Å². The van der Waals surface area contributed by atoms with Gasteiger partial charge in [0.25, 0.3) is 0 Å². The van der Waals surface area contributed by atoms with Gasteiger partial charge in [0, 0.05) is 76.0 Å². The monoisotopic (exact) mass is 846 g/mol. The van der Waals surface area contributed by atoms with Crippen LogP contribution in [0.25, 0.3) is 131 Å². The summed E-state index contributed by atoms with van der Waals surface area (Å²) in [6.07, 6.45) is 0. The summed E-state index contributed by atoms with van der Waals surface area (Å²) in [5.41, 5.74) is 17.5. The summed E-state index contributed by atoms with van der Waals surface area (Å²) in [5.74, 6) is 0. The maximum absolute atomic E-state index is 2.63. The van der Waals surface area contributed by atoms with E-state index >= 15 is 0 Å². The second kappa shape index (κ2) is 12.1. The highest BCUT2D eigenvalue weighted by Crippen LogP contribution is 2.53. The van der Waals surface area contributed by atoms with E-state index in [9.17, 15) is 0 Å². The third-order valence-corrected chi connectivity index (χ3v) is 15.3. The van der Waals surface area contributed by atoms with Crippen molar-refractivity contribution in [1.82, 2.24) is 17.9 Å².